The number of fused-ring (bicyclic) bond motifs is 1. The number of carbonyl (C=O) groups excluding carboxylic acids is 1. The van der Waals surface area contributed by atoms with Crippen LogP contribution in [0.2, 0.25) is 0 Å². The fraction of sp³-hybridized carbons (Fsp3) is 0.133. The van der Waals surface area contributed by atoms with Crippen molar-refractivity contribution in [1.82, 2.24) is 4.31 Å². The minimum absolute atomic E-state index is 0.0683. The third-order valence-corrected chi connectivity index (χ3v) is 8.62. The van der Waals surface area contributed by atoms with Gasteiger partial charge in [0.1, 0.15) is 11.8 Å². The molecule has 0 bridgehead atoms. The molecule has 1 unspecified atom stereocenters. The Morgan fingerprint density at radius 1 is 0.846 bits per heavy atom. The topological polar surface area (TPSA) is 104 Å². The van der Waals surface area contributed by atoms with E-state index in [0.717, 1.165) is 9.87 Å². The fourth-order valence-electron chi connectivity index (χ4n) is 4.76. The molecule has 1 amide bonds. The maximum Gasteiger partial charge on any atom is 0.323 e. The van der Waals surface area contributed by atoms with Crippen molar-refractivity contribution in [2.75, 3.05) is 18.6 Å². The molecule has 1 N–H and O–H groups in total. The van der Waals surface area contributed by atoms with Gasteiger partial charge in [0.25, 0.3) is 5.91 Å². The normalized spacial score (nSPS) is 15.7. The predicted molar refractivity (Wildman–Crippen MR) is 147 cm³/mol. The van der Waals surface area contributed by atoms with E-state index in [1.807, 2.05) is 42.5 Å². The molecule has 1 heterocycles. The zero-order valence-electron chi connectivity index (χ0n) is 21.1. The largest absolute Gasteiger partial charge is 0.497 e. The Labute approximate surface area is 226 Å². The van der Waals surface area contributed by atoms with Gasteiger partial charge in [-0.05, 0) is 53.1 Å². The molecule has 1 aliphatic heterocycles. The summed E-state index contributed by atoms with van der Waals surface area (Å²) in [6, 6.07) is 27.7. The second-order valence-electron chi connectivity index (χ2n) is 9.04. The third kappa shape index (κ3) is 5.01. The minimum atomic E-state index is -4.25. The van der Waals surface area contributed by atoms with Crippen LogP contribution in [0.25, 0.3) is 11.1 Å². The molecule has 0 aliphatic carbocycles. The Bertz CT molecular complexity index is 1620. The van der Waals surface area contributed by atoms with Crippen molar-refractivity contribution < 1.29 is 27.9 Å². The molecule has 1 aliphatic rings. The van der Waals surface area contributed by atoms with Gasteiger partial charge < -0.3 is 14.7 Å². The van der Waals surface area contributed by atoms with Crippen LogP contribution in [0.3, 0.4) is 0 Å². The Morgan fingerprint density at radius 2 is 1.49 bits per heavy atom. The predicted octanol–water partition coefficient (Wildman–Crippen LogP) is 4.67. The second-order valence-corrected chi connectivity index (χ2v) is 10.9. The first-order chi connectivity index (χ1) is 18.8. The first-order valence-corrected chi connectivity index (χ1v) is 13.7. The number of nitrogens with zero attached hydrogens (tertiary/aromatic N) is 2. The third-order valence-electron chi connectivity index (χ3n) is 6.75. The van der Waals surface area contributed by atoms with Gasteiger partial charge >= 0.3 is 5.97 Å². The number of carbonyl (C=O) groups is 2. The Morgan fingerprint density at radius 3 is 2.18 bits per heavy atom. The van der Waals surface area contributed by atoms with Crippen LogP contribution < -0.4 is 9.64 Å². The number of hydrogen-bond donors (Lipinski definition) is 1. The number of benzene rings is 4. The zero-order chi connectivity index (χ0) is 27.6. The van der Waals surface area contributed by atoms with E-state index >= 15 is 0 Å². The van der Waals surface area contributed by atoms with E-state index in [1.54, 1.807) is 36.4 Å². The van der Waals surface area contributed by atoms with Crippen molar-refractivity contribution in [3.05, 3.63) is 114 Å². The fourth-order valence-corrected chi connectivity index (χ4v) is 6.31. The average Bonchev–Trinajstić information content (AvgIpc) is 3.15. The van der Waals surface area contributed by atoms with Crippen LogP contribution in [0.5, 0.6) is 5.75 Å². The molecule has 39 heavy (non-hydrogen) atoms. The molecule has 4 aromatic carbocycles. The molecule has 0 spiro atoms. The number of sulfonamides is 1. The SMILES string of the molecule is COc1ccc(S(=O)(=O)N2Cc3ccccc3N(C(=O)c3ccccc3-c3ccccc3)CC2C(=O)O)cc1. The van der Waals surface area contributed by atoms with Gasteiger partial charge in [0.05, 0.1) is 18.6 Å². The highest BCUT2D eigenvalue weighted by Gasteiger charge is 2.42. The smallest absolute Gasteiger partial charge is 0.323 e. The van der Waals surface area contributed by atoms with Crippen molar-refractivity contribution in [2.24, 2.45) is 0 Å². The van der Waals surface area contributed by atoms with E-state index in [1.165, 1.54) is 36.3 Å². The summed E-state index contributed by atoms with van der Waals surface area (Å²) in [6.45, 7) is -0.588. The minimum Gasteiger partial charge on any atom is -0.497 e. The molecule has 9 heteroatoms. The zero-order valence-corrected chi connectivity index (χ0v) is 21.9. The van der Waals surface area contributed by atoms with E-state index in [9.17, 15) is 23.1 Å². The molecule has 8 nitrogen and oxygen atoms in total. The van der Waals surface area contributed by atoms with Crippen LogP contribution in [0.4, 0.5) is 5.69 Å². The van der Waals surface area contributed by atoms with Crippen LogP contribution in [0.1, 0.15) is 15.9 Å². The Hall–Kier alpha value is -4.47. The molecule has 4 aromatic rings. The quantitative estimate of drug-likeness (QED) is 0.380. The van der Waals surface area contributed by atoms with Crippen LogP contribution in [-0.4, -0.2) is 49.4 Å². The van der Waals surface area contributed by atoms with E-state index < -0.39 is 27.9 Å². The molecule has 5 rings (SSSR count). The highest BCUT2D eigenvalue weighted by Crippen LogP contribution is 2.34. The molecular formula is C30H26N2O6S. The second kappa shape index (κ2) is 10.7. The number of aliphatic carboxylic acids is 1. The average molecular weight is 543 g/mol. The molecular weight excluding hydrogens is 516 g/mol. The van der Waals surface area contributed by atoms with Crippen LogP contribution in [-0.2, 0) is 21.4 Å². The van der Waals surface area contributed by atoms with Gasteiger partial charge in [-0.1, -0.05) is 66.7 Å². The van der Waals surface area contributed by atoms with Gasteiger partial charge in [-0.25, -0.2) is 8.42 Å². The van der Waals surface area contributed by atoms with Gasteiger partial charge in [0.15, 0.2) is 0 Å². The summed E-state index contributed by atoms with van der Waals surface area (Å²) in [6.07, 6.45) is 0. The summed E-state index contributed by atoms with van der Waals surface area (Å²) < 4.78 is 33.6. The lowest BCUT2D eigenvalue weighted by Crippen LogP contribution is -2.50. The van der Waals surface area contributed by atoms with Crippen molar-refractivity contribution in [3.63, 3.8) is 0 Å². The molecule has 0 radical (unpaired) electrons. The number of carboxylic acid groups (broad SMARTS) is 1. The monoisotopic (exact) mass is 542 g/mol. The van der Waals surface area contributed by atoms with Crippen LogP contribution in [0, 0.1) is 0 Å². The number of ether oxygens (including phenoxy) is 1. The number of hydrogen-bond acceptors (Lipinski definition) is 5. The lowest BCUT2D eigenvalue weighted by Gasteiger charge is -2.29. The van der Waals surface area contributed by atoms with Crippen molar-refractivity contribution in [2.45, 2.75) is 17.5 Å². The molecule has 0 aromatic heterocycles. The first kappa shape index (κ1) is 26.1. The molecule has 1 atom stereocenters. The summed E-state index contributed by atoms with van der Waals surface area (Å²) in [4.78, 5) is 28.0. The number of amides is 1. The van der Waals surface area contributed by atoms with Crippen LogP contribution >= 0.6 is 0 Å². The number of methoxy groups -OCH3 is 1. The van der Waals surface area contributed by atoms with Crippen molar-refractivity contribution >= 4 is 27.6 Å². The summed E-state index contributed by atoms with van der Waals surface area (Å²) in [5.41, 5.74) is 2.89. The van der Waals surface area contributed by atoms with Gasteiger partial charge in [0.2, 0.25) is 10.0 Å². The molecule has 0 fully saturated rings. The highest BCUT2D eigenvalue weighted by molar-refractivity contribution is 7.89. The summed E-state index contributed by atoms with van der Waals surface area (Å²) >= 11 is 0. The maximum absolute atomic E-state index is 14.1. The van der Waals surface area contributed by atoms with Crippen LogP contribution in [0.15, 0.2) is 108 Å². The van der Waals surface area contributed by atoms with E-state index in [0.29, 0.717) is 28.1 Å². The standard InChI is InChI=1S/C30H26N2O6S/c1-38-23-15-17-24(18-16-23)39(36,37)32-19-22-11-5-8-14-27(22)31(20-28(32)30(34)35)29(33)26-13-7-6-12-25(26)21-9-3-2-4-10-21/h2-18,28H,19-20H2,1H3,(H,34,35). The summed E-state index contributed by atoms with van der Waals surface area (Å²) in [5, 5.41) is 10.2. The number of para-hydroxylation sites is 1. The number of rotatable bonds is 6. The summed E-state index contributed by atoms with van der Waals surface area (Å²) in [5.74, 6) is -1.30. The molecule has 198 valence electrons. The van der Waals surface area contributed by atoms with E-state index in [-0.39, 0.29) is 18.0 Å². The molecule has 0 saturated heterocycles. The summed E-state index contributed by atoms with van der Waals surface area (Å²) in [7, 11) is -2.78. The van der Waals surface area contributed by atoms with Gasteiger partial charge in [0, 0.05) is 17.8 Å². The van der Waals surface area contributed by atoms with E-state index in [4.69, 9.17) is 4.74 Å². The van der Waals surface area contributed by atoms with Gasteiger partial charge in [-0.3, -0.25) is 9.59 Å². The van der Waals surface area contributed by atoms with Crippen molar-refractivity contribution in [3.8, 4) is 16.9 Å². The highest BCUT2D eigenvalue weighted by atomic mass is 32.2. The first-order valence-electron chi connectivity index (χ1n) is 12.2. The Kier molecular flexibility index (Phi) is 7.19. The van der Waals surface area contributed by atoms with Gasteiger partial charge in [-0.15, -0.1) is 0 Å². The lowest BCUT2D eigenvalue weighted by atomic mass is 9.98. The number of carboxylic acids is 1. The lowest BCUT2D eigenvalue weighted by molar-refractivity contribution is -0.141. The Balaban J connectivity index is 1.60. The number of anilines is 1. The van der Waals surface area contributed by atoms with Crippen molar-refractivity contribution in [1.29, 1.82) is 0 Å². The molecule has 0 saturated carbocycles. The maximum atomic E-state index is 14.1. The van der Waals surface area contributed by atoms with Gasteiger partial charge in [-0.2, -0.15) is 4.31 Å². The van der Waals surface area contributed by atoms with E-state index in [2.05, 4.69) is 0 Å².